The van der Waals surface area contributed by atoms with Crippen LogP contribution in [0.1, 0.15) is 42.8 Å². The van der Waals surface area contributed by atoms with E-state index in [1.165, 1.54) is 19.3 Å². The lowest BCUT2D eigenvalue weighted by atomic mass is 9.81. The van der Waals surface area contributed by atoms with E-state index in [1.54, 1.807) is 11.3 Å². The van der Waals surface area contributed by atoms with Crippen LogP contribution in [0.25, 0.3) is 0 Å². The highest BCUT2D eigenvalue weighted by Gasteiger charge is 2.31. The van der Waals surface area contributed by atoms with Crippen LogP contribution in [0, 0.1) is 11.3 Å². The average Bonchev–Trinajstić information content (AvgIpc) is 2.69. The van der Waals surface area contributed by atoms with Crippen LogP contribution in [0.3, 0.4) is 0 Å². The summed E-state index contributed by atoms with van der Waals surface area (Å²) in [7, 11) is 0. The summed E-state index contributed by atoms with van der Waals surface area (Å²) in [5, 5.41) is 11.5. The monoisotopic (exact) mass is 221 g/mol. The van der Waals surface area contributed by atoms with Gasteiger partial charge in [-0.2, -0.15) is 5.26 Å². The molecule has 1 aliphatic carbocycles. The summed E-state index contributed by atoms with van der Waals surface area (Å²) < 4.78 is 0. The Labute approximate surface area is 93.9 Å². The Morgan fingerprint density at radius 1 is 1.47 bits per heavy atom. The van der Waals surface area contributed by atoms with Crippen molar-refractivity contribution in [3.05, 3.63) is 16.1 Å². The second kappa shape index (κ2) is 4.30. The van der Waals surface area contributed by atoms with Crippen molar-refractivity contribution in [2.45, 2.75) is 44.1 Å². The van der Waals surface area contributed by atoms with Gasteiger partial charge in [0.1, 0.15) is 5.01 Å². The van der Waals surface area contributed by atoms with Gasteiger partial charge in [0.15, 0.2) is 0 Å². The van der Waals surface area contributed by atoms with Crippen molar-refractivity contribution >= 4 is 11.3 Å². The summed E-state index contributed by atoms with van der Waals surface area (Å²) >= 11 is 1.55. The Morgan fingerprint density at radius 2 is 2.20 bits per heavy atom. The first-order chi connectivity index (χ1) is 7.24. The molecular weight excluding hydrogens is 206 g/mol. The van der Waals surface area contributed by atoms with E-state index in [-0.39, 0.29) is 5.54 Å². The van der Waals surface area contributed by atoms with Gasteiger partial charge in [0.25, 0.3) is 0 Å². The second-order valence-corrected chi connectivity index (χ2v) is 5.12. The first-order valence-corrected chi connectivity index (χ1v) is 6.23. The number of thiazole rings is 1. The van der Waals surface area contributed by atoms with Crippen LogP contribution in [-0.2, 0) is 12.0 Å². The molecule has 1 aromatic heterocycles. The number of hydrogen-bond acceptors (Lipinski definition) is 4. The Kier molecular flexibility index (Phi) is 3.03. The molecule has 1 saturated carbocycles. The maximum absolute atomic E-state index is 8.59. The predicted octanol–water partition coefficient (Wildman–Crippen LogP) is 2.33. The number of nitrogens with two attached hydrogens (primary N) is 1. The van der Waals surface area contributed by atoms with Crippen molar-refractivity contribution in [1.29, 1.82) is 5.26 Å². The van der Waals surface area contributed by atoms with Crippen LogP contribution in [0.15, 0.2) is 5.38 Å². The van der Waals surface area contributed by atoms with Gasteiger partial charge >= 0.3 is 0 Å². The average molecular weight is 221 g/mol. The minimum absolute atomic E-state index is 0.220. The van der Waals surface area contributed by atoms with Gasteiger partial charge in [0, 0.05) is 5.38 Å². The fraction of sp³-hybridized carbons (Fsp3) is 0.636. The zero-order valence-electron chi connectivity index (χ0n) is 8.70. The Morgan fingerprint density at radius 3 is 2.87 bits per heavy atom. The van der Waals surface area contributed by atoms with E-state index >= 15 is 0 Å². The molecule has 3 nitrogen and oxygen atoms in total. The third kappa shape index (κ3) is 2.19. The molecule has 2 N–H and O–H groups in total. The summed E-state index contributed by atoms with van der Waals surface area (Å²) in [5.74, 6) is 0. The molecule has 2 rings (SSSR count). The van der Waals surface area contributed by atoms with Crippen molar-refractivity contribution in [2.75, 3.05) is 0 Å². The lowest BCUT2D eigenvalue weighted by Crippen LogP contribution is -2.38. The number of rotatable bonds is 2. The highest BCUT2D eigenvalue weighted by molar-refractivity contribution is 7.09. The van der Waals surface area contributed by atoms with Gasteiger partial charge in [-0.15, -0.1) is 11.3 Å². The Balaban J connectivity index is 2.17. The lowest BCUT2D eigenvalue weighted by Gasteiger charge is -2.31. The van der Waals surface area contributed by atoms with Crippen molar-refractivity contribution in [3.8, 4) is 6.07 Å². The molecule has 0 atom stereocenters. The molecule has 0 radical (unpaired) electrons. The molecule has 80 valence electrons. The molecule has 1 fully saturated rings. The molecule has 4 heteroatoms. The summed E-state index contributed by atoms with van der Waals surface area (Å²) in [5.41, 5.74) is 7.13. The van der Waals surface area contributed by atoms with Gasteiger partial charge in [-0.3, -0.25) is 0 Å². The molecular formula is C11H15N3S. The molecule has 0 saturated heterocycles. The van der Waals surface area contributed by atoms with E-state index < -0.39 is 0 Å². The van der Waals surface area contributed by atoms with E-state index in [1.807, 2.05) is 5.38 Å². The maximum Gasteiger partial charge on any atom is 0.107 e. The Bertz CT molecular complexity index is 371. The summed E-state index contributed by atoms with van der Waals surface area (Å²) in [6.07, 6.45) is 6.14. The highest BCUT2D eigenvalue weighted by atomic mass is 32.1. The van der Waals surface area contributed by atoms with Crippen LogP contribution >= 0.6 is 11.3 Å². The highest BCUT2D eigenvalue weighted by Crippen LogP contribution is 2.35. The summed E-state index contributed by atoms with van der Waals surface area (Å²) in [6, 6.07) is 2.12. The van der Waals surface area contributed by atoms with Gasteiger partial charge < -0.3 is 5.73 Å². The minimum Gasteiger partial charge on any atom is -0.320 e. The molecule has 0 aromatic carbocycles. The van der Waals surface area contributed by atoms with Crippen LogP contribution < -0.4 is 5.73 Å². The normalized spacial score (nSPS) is 19.7. The third-order valence-electron chi connectivity index (χ3n) is 3.04. The fourth-order valence-corrected chi connectivity index (χ4v) is 2.96. The van der Waals surface area contributed by atoms with E-state index in [0.29, 0.717) is 6.42 Å². The maximum atomic E-state index is 8.59. The van der Waals surface area contributed by atoms with Gasteiger partial charge in [0.05, 0.1) is 23.7 Å². The Hall–Kier alpha value is -0.920. The lowest BCUT2D eigenvalue weighted by molar-refractivity contribution is 0.296. The topological polar surface area (TPSA) is 62.7 Å². The van der Waals surface area contributed by atoms with E-state index in [4.69, 9.17) is 11.0 Å². The van der Waals surface area contributed by atoms with Gasteiger partial charge in [-0.25, -0.2) is 4.98 Å². The van der Waals surface area contributed by atoms with Crippen molar-refractivity contribution in [2.24, 2.45) is 5.73 Å². The van der Waals surface area contributed by atoms with Crippen LogP contribution in [0.4, 0.5) is 0 Å². The molecule has 1 aromatic rings. The second-order valence-electron chi connectivity index (χ2n) is 4.18. The van der Waals surface area contributed by atoms with Gasteiger partial charge in [0.2, 0.25) is 0 Å². The molecule has 0 spiro atoms. The molecule has 0 aliphatic heterocycles. The minimum atomic E-state index is -0.220. The summed E-state index contributed by atoms with van der Waals surface area (Å²) in [4.78, 5) is 4.47. The van der Waals surface area contributed by atoms with E-state index in [0.717, 1.165) is 23.5 Å². The van der Waals surface area contributed by atoms with Gasteiger partial charge in [-0.05, 0) is 12.8 Å². The molecule has 1 heterocycles. The molecule has 15 heavy (non-hydrogen) atoms. The largest absolute Gasteiger partial charge is 0.320 e. The van der Waals surface area contributed by atoms with Crippen molar-refractivity contribution in [3.63, 3.8) is 0 Å². The number of hydrogen-bond donors (Lipinski definition) is 1. The first kappa shape index (κ1) is 10.6. The fourth-order valence-electron chi connectivity index (χ4n) is 2.13. The number of aromatic nitrogens is 1. The molecule has 0 bridgehead atoms. The number of nitriles is 1. The van der Waals surface area contributed by atoms with E-state index in [2.05, 4.69) is 11.1 Å². The molecule has 0 unspecified atom stereocenters. The number of nitrogens with zero attached hydrogens (tertiary/aromatic N) is 2. The van der Waals surface area contributed by atoms with Crippen LogP contribution in [0.2, 0.25) is 0 Å². The molecule has 0 amide bonds. The molecule has 1 aliphatic rings. The van der Waals surface area contributed by atoms with Crippen molar-refractivity contribution < 1.29 is 0 Å². The zero-order chi connectivity index (χ0) is 10.7. The quantitative estimate of drug-likeness (QED) is 0.833. The van der Waals surface area contributed by atoms with Crippen LogP contribution in [0.5, 0.6) is 0 Å². The first-order valence-electron chi connectivity index (χ1n) is 5.35. The third-order valence-corrected chi connectivity index (χ3v) is 3.89. The summed E-state index contributed by atoms with van der Waals surface area (Å²) in [6.45, 7) is 0. The van der Waals surface area contributed by atoms with Crippen LogP contribution in [-0.4, -0.2) is 4.98 Å². The predicted molar refractivity (Wildman–Crippen MR) is 60.4 cm³/mol. The SMILES string of the molecule is N#CCc1nc(C2(N)CCCCC2)cs1. The van der Waals surface area contributed by atoms with Crippen molar-refractivity contribution in [1.82, 2.24) is 4.98 Å². The van der Waals surface area contributed by atoms with E-state index in [9.17, 15) is 0 Å². The standard InChI is InChI=1S/C11H15N3S/c12-7-4-10-14-9(8-15-10)11(13)5-2-1-3-6-11/h8H,1-6,13H2. The smallest absolute Gasteiger partial charge is 0.107 e. The van der Waals surface area contributed by atoms with Gasteiger partial charge in [-0.1, -0.05) is 19.3 Å². The zero-order valence-corrected chi connectivity index (χ0v) is 9.52.